The zero-order chi connectivity index (χ0) is 43.4. The Morgan fingerprint density at radius 2 is 1.23 bits per heavy atom. The Labute approximate surface area is 379 Å². The number of hydrogen-bond acceptors (Lipinski definition) is 0. The van der Waals surface area contributed by atoms with Crippen LogP contribution in [0.15, 0.2) is 182 Å². The Morgan fingerprint density at radius 1 is 0.594 bits per heavy atom. The molecule has 2 heteroatoms. The van der Waals surface area contributed by atoms with Crippen molar-refractivity contribution in [2.24, 2.45) is 11.3 Å². The highest BCUT2D eigenvalue weighted by molar-refractivity contribution is 6.19. The molecule has 0 bridgehead atoms. The molecule has 0 N–H and O–H groups in total. The van der Waals surface area contributed by atoms with E-state index in [9.17, 15) is 0 Å². The van der Waals surface area contributed by atoms with Gasteiger partial charge in [-0.15, -0.1) is 0 Å². The fourth-order valence-corrected chi connectivity index (χ4v) is 11.3. The van der Waals surface area contributed by atoms with Gasteiger partial charge in [-0.25, -0.2) is 0 Å². The second-order valence-corrected chi connectivity index (χ2v) is 19.2. The first-order chi connectivity index (χ1) is 31.4. The van der Waals surface area contributed by atoms with Gasteiger partial charge < -0.3 is 9.13 Å². The number of hydrogen-bond donors (Lipinski definition) is 0. The van der Waals surface area contributed by atoms with Crippen molar-refractivity contribution in [1.82, 2.24) is 9.13 Å². The smallest absolute Gasteiger partial charge is 0.0620 e. The monoisotopic (exact) mass is 830 g/mol. The number of fused-ring (bicyclic) bond motifs is 4. The lowest BCUT2D eigenvalue weighted by Crippen LogP contribution is -2.20. The van der Waals surface area contributed by atoms with E-state index in [1.165, 1.54) is 99.8 Å². The van der Waals surface area contributed by atoms with Crippen molar-refractivity contribution in [3.8, 4) is 28.2 Å². The maximum absolute atomic E-state index is 2.67. The minimum Gasteiger partial charge on any atom is -0.341 e. The normalized spacial score (nSPS) is 18.6. The van der Waals surface area contributed by atoms with Crippen molar-refractivity contribution in [2.75, 3.05) is 0 Å². The minimum absolute atomic E-state index is 0.124. The molecule has 0 radical (unpaired) electrons. The number of allylic oxidation sites excluding steroid dienone is 16. The van der Waals surface area contributed by atoms with Crippen LogP contribution >= 0.6 is 0 Å². The molecule has 4 aliphatic carbocycles. The molecule has 2 heterocycles. The summed E-state index contributed by atoms with van der Waals surface area (Å²) in [6, 6.07) is 38.8. The predicted molar refractivity (Wildman–Crippen MR) is 276 cm³/mol. The first-order valence-electron chi connectivity index (χ1n) is 23.8. The van der Waals surface area contributed by atoms with Gasteiger partial charge >= 0.3 is 0 Å². The summed E-state index contributed by atoms with van der Waals surface area (Å²) in [6.45, 7) is 10.4. The molecule has 2 aromatic heterocycles. The zero-order valence-electron chi connectivity index (χ0n) is 37.8. The van der Waals surface area contributed by atoms with Crippen LogP contribution in [-0.2, 0) is 6.54 Å². The average molecular weight is 831 g/mol. The second-order valence-electron chi connectivity index (χ2n) is 19.2. The molecule has 0 spiro atoms. The van der Waals surface area contributed by atoms with Crippen LogP contribution in [0.5, 0.6) is 0 Å². The topological polar surface area (TPSA) is 9.86 Å². The Kier molecular flexibility index (Phi) is 10.3. The van der Waals surface area contributed by atoms with Crippen molar-refractivity contribution >= 4 is 49.3 Å². The maximum atomic E-state index is 2.67. The average Bonchev–Trinajstić information content (AvgIpc) is 3.87. The summed E-state index contributed by atoms with van der Waals surface area (Å²) in [4.78, 5) is 0. The van der Waals surface area contributed by atoms with Gasteiger partial charge in [-0.05, 0) is 131 Å². The number of nitrogens with zero attached hydrogens (tertiary/aromatic N) is 2. The quantitative estimate of drug-likeness (QED) is 0.144. The third-order valence-electron chi connectivity index (χ3n) is 14.4. The van der Waals surface area contributed by atoms with E-state index in [0.29, 0.717) is 5.92 Å². The first-order valence-corrected chi connectivity index (χ1v) is 23.8. The summed E-state index contributed by atoms with van der Waals surface area (Å²) in [5.74, 6) is 0.624. The van der Waals surface area contributed by atoms with Crippen LogP contribution in [0, 0.1) is 11.3 Å². The van der Waals surface area contributed by atoms with Crippen LogP contribution in [0.3, 0.4) is 0 Å². The first kappa shape index (κ1) is 40.2. The maximum Gasteiger partial charge on any atom is 0.0620 e. The number of rotatable bonds is 8. The van der Waals surface area contributed by atoms with Crippen LogP contribution in [0.4, 0.5) is 0 Å². The molecule has 7 aromatic rings. The van der Waals surface area contributed by atoms with Gasteiger partial charge in [0.25, 0.3) is 0 Å². The van der Waals surface area contributed by atoms with E-state index in [0.717, 1.165) is 45.1 Å². The summed E-state index contributed by atoms with van der Waals surface area (Å²) >= 11 is 0. The SMILES string of the molecule is CCn1c2ccccc2c2cc(-n3c(-c4ccccc4)c4c(C5=CC=CCC5)c(C5=CC(C(C)(C)C)CC=C5)c(C5C=CC=CC5)c(C5=CC=CCC5)c4c3-c3ccccc3)ccc21. The van der Waals surface area contributed by atoms with E-state index in [1.54, 1.807) is 0 Å². The molecule has 11 rings (SSSR count). The van der Waals surface area contributed by atoms with Crippen molar-refractivity contribution in [2.45, 2.75) is 78.7 Å². The van der Waals surface area contributed by atoms with Crippen molar-refractivity contribution in [3.63, 3.8) is 0 Å². The Bertz CT molecular complexity index is 3210. The van der Waals surface area contributed by atoms with Crippen LogP contribution in [0.1, 0.15) is 94.4 Å². The Balaban J connectivity index is 1.42. The van der Waals surface area contributed by atoms with Crippen molar-refractivity contribution in [3.05, 3.63) is 204 Å². The van der Waals surface area contributed by atoms with E-state index in [2.05, 4.69) is 219 Å². The zero-order valence-corrected chi connectivity index (χ0v) is 37.8. The summed E-state index contributed by atoms with van der Waals surface area (Å²) in [5.41, 5.74) is 18.8. The van der Waals surface area contributed by atoms with Gasteiger partial charge in [0.2, 0.25) is 0 Å². The molecule has 0 aliphatic heterocycles. The van der Waals surface area contributed by atoms with Crippen LogP contribution in [-0.4, -0.2) is 9.13 Å². The molecule has 64 heavy (non-hydrogen) atoms. The highest BCUT2D eigenvalue weighted by Gasteiger charge is 2.36. The molecule has 316 valence electrons. The molecule has 4 aliphatic rings. The standard InChI is InChI=1S/C62H58N2/c1-5-63-52-37-22-21-36-50(52)51-41-49(38-39-53(51)63)64-60(45-30-17-9-18-31-45)58-55(43-26-13-7-14-27-43)54(42-24-11-6-12-25-42)57(47-34-23-35-48(40-47)62(2,3)4)56(44-28-15-8-16-29-44)59(58)61(64)46-32-19-10-20-33-46/h6-13,15,17-24,26,28,30-34,36-42,48H,5,14,16,25,27,29,35H2,1-4H3. The molecule has 0 amide bonds. The highest BCUT2D eigenvalue weighted by atomic mass is 15.0. The number of aromatic nitrogens is 2. The molecule has 2 unspecified atom stereocenters. The van der Waals surface area contributed by atoms with Crippen LogP contribution in [0.2, 0.25) is 0 Å². The summed E-state index contributed by atoms with van der Waals surface area (Å²) in [6.07, 6.45) is 37.3. The van der Waals surface area contributed by atoms with Gasteiger partial charge in [0.1, 0.15) is 0 Å². The minimum atomic E-state index is 0.124. The van der Waals surface area contributed by atoms with Crippen LogP contribution < -0.4 is 0 Å². The summed E-state index contributed by atoms with van der Waals surface area (Å²) < 4.78 is 5.14. The van der Waals surface area contributed by atoms with Gasteiger partial charge in [-0.2, -0.15) is 0 Å². The van der Waals surface area contributed by atoms with E-state index in [1.807, 2.05) is 0 Å². The van der Waals surface area contributed by atoms with Gasteiger partial charge in [-0.1, -0.05) is 179 Å². The fraction of sp³-hybridized carbons (Fsp3) is 0.226. The summed E-state index contributed by atoms with van der Waals surface area (Å²) in [7, 11) is 0. The molecular weight excluding hydrogens is 773 g/mol. The number of para-hydroxylation sites is 1. The summed E-state index contributed by atoms with van der Waals surface area (Å²) in [5, 5.41) is 5.31. The fourth-order valence-electron chi connectivity index (χ4n) is 11.3. The highest BCUT2D eigenvalue weighted by Crippen LogP contribution is 2.55. The van der Waals surface area contributed by atoms with E-state index in [4.69, 9.17) is 0 Å². The van der Waals surface area contributed by atoms with Gasteiger partial charge in [0.15, 0.2) is 0 Å². The molecule has 0 fully saturated rings. The predicted octanol–water partition coefficient (Wildman–Crippen LogP) is 17.2. The third-order valence-corrected chi connectivity index (χ3v) is 14.4. The van der Waals surface area contributed by atoms with E-state index in [-0.39, 0.29) is 11.3 Å². The van der Waals surface area contributed by atoms with Crippen molar-refractivity contribution in [1.29, 1.82) is 0 Å². The lowest BCUT2D eigenvalue weighted by atomic mass is 9.70. The molecule has 5 aromatic carbocycles. The molecule has 0 saturated carbocycles. The third kappa shape index (κ3) is 6.78. The molecular formula is C62H58N2. The van der Waals surface area contributed by atoms with Crippen LogP contribution in [0.25, 0.3) is 77.5 Å². The molecule has 2 nitrogen and oxygen atoms in total. The molecule has 2 atom stereocenters. The largest absolute Gasteiger partial charge is 0.341 e. The second kappa shape index (κ2) is 16.5. The van der Waals surface area contributed by atoms with Crippen molar-refractivity contribution < 1.29 is 0 Å². The Morgan fingerprint density at radius 3 is 1.86 bits per heavy atom. The number of aryl methyl sites for hydroxylation is 1. The van der Waals surface area contributed by atoms with Gasteiger partial charge in [-0.3, -0.25) is 0 Å². The van der Waals surface area contributed by atoms with Gasteiger partial charge in [0.05, 0.1) is 11.4 Å². The Hall–Kier alpha value is -6.64. The molecule has 0 saturated heterocycles. The van der Waals surface area contributed by atoms with E-state index < -0.39 is 0 Å². The van der Waals surface area contributed by atoms with Gasteiger partial charge in [0, 0.05) is 50.7 Å². The number of benzene rings is 5. The lowest BCUT2D eigenvalue weighted by Gasteiger charge is -2.33. The van der Waals surface area contributed by atoms with E-state index >= 15 is 0 Å². The lowest BCUT2D eigenvalue weighted by molar-refractivity contribution is 0.294.